The predicted molar refractivity (Wildman–Crippen MR) is 76.3 cm³/mol. The molecule has 0 aliphatic carbocycles. The van der Waals surface area contributed by atoms with Crippen molar-refractivity contribution in [1.82, 2.24) is 5.32 Å². The summed E-state index contributed by atoms with van der Waals surface area (Å²) in [6, 6.07) is 5.45. The van der Waals surface area contributed by atoms with Crippen LogP contribution in [-0.2, 0) is 9.59 Å². The molecule has 0 bridgehead atoms. The molecule has 2 amide bonds. The fraction of sp³-hybridized carbons (Fsp3) is 0.467. The Morgan fingerprint density at radius 3 is 2.86 bits per heavy atom. The van der Waals surface area contributed by atoms with Crippen LogP contribution in [0, 0.1) is 5.92 Å². The number of carbonyl (C=O) groups is 2. The van der Waals surface area contributed by atoms with Gasteiger partial charge in [-0.15, -0.1) is 0 Å². The Morgan fingerprint density at radius 1 is 1.33 bits per heavy atom. The number of ether oxygens (including phenoxy) is 2. The molecule has 1 aromatic carbocycles. The smallest absolute Gasteiger partial charge is 0.231 e. The predicted octanol–water partition coefficient (Wildman–Crippen LogP) is 1.29. The first-order valence-corrected chi connectivity index (χ1v) is 7.05. The lowest BCUT2D eigenvalue weighted by Gasteiger charge is -2.17. The van der Waals surface area contributed by atoms with Crippen LogP contribution < -0.4 is 19.7 Å². The van der Waals surface area contributed by atoms with Crippen LogP contribution in [0.25, 0.3) is 0 Å². The van der Waals surface area contributed by atoms with Crippen LogP contribution in [-0.4, -0.2) is 31.2 Å². The third-order valence-corrected chi connectivity index (χ3v) is 3.59. The Kier molecular flexibility index (Phi) is 3.45. The maximum Gasteiger partial charge on any atom is 0.231 e. The Balaban J connectivity index is 1.75. The van der Waals surface area contributed by atoms with Gasteiger partial charge in [0, 0.05) is 30.8 Å². The zero-order chi connectivity index (χ0) is 15.0. The summed E-state index contributed by atoms with van der Waals surface area (Å²) >= 11 is 0. The van der Waals surface area contributed by atoms with E-state index in [9.17, 15) is 9.59 Å². The summed E-state index contributed by atoms with van der Waals surface area (Å²) in [5.74, 6) is 0.902. The monoisotopic (exact) mass is 290 g/mol. The van der Waals surface area contributed by atoms with E-state index in [1.807, 2.05) is 19.9 Å². The molecule has 6 heteroatoms. The third kappa shape index (κ3) is 2.66. The molecule has 21 heavy (non-hydrogen) atoms. The molecule has 1 atom stereocenters. The van der Waals surface area contributed by atoms with Gasteiger partial charge < -0.3 is 19.7 Å². The van der Waals surface area contributed by atoms with E-state index in [-0.39, 0.29) is 37.0 Å². The van der Waals surface area contributed by atoms with Gasteiger partial charge in [-0.25, -0.2) is 0 Å². The standard InChI is InChI=1S/C15H18N2O4/c1-9(2)16-15(19)10-5-14(18)17(7-10)11-3-4-12-13(6-11)21-8-20-12/h3-4,6,9-10H,5,7-8H2,1-2H3,(H,16,19)/t10-/m0/s1. The second-order valence-electron chi connectivity index (χ2n) is 5.61. The number of nitrogens with one attached hydrogen (secondary N) is 1. The normalized spacial score (nSPS) is 20.2. The van der Waals surface area contributed by atoms with E-state index in [1.165, 1.54) is 0 Å². The first-order valence-electron chi connectivity index (χ1n) is 7.05. The summed E-state index contributed by atoms with van der Waals surface area (Å²) in [4.78, 5) is 25.8. The van der Waals surface area contributed by atoms with Crippen LogP contribution in [0.3, 0.4) is 0 Å². The second-order valence-corrected chi connectivity index (χ2v) is 5.61. The van der Waals surface area contributed by atoms with Gasteiger partial charge in [0.15, 0.2) is 11.5 Å². The zero-order valence-corrected chi connectivity index (χ0v) is 12.1. The van der Waals surface area contributed by atoms with Gasteiger partial charge in [-0.3, -0.25) is 9.59 Å². The van der Waals surface area contributed by atoms with Crippen molar-refractivity contribution in [3.05, 3.63) is 18.2 Å². The molecule has 0 saturated carbocycles. The van der Waals surface area contributed by atoms with Crippen LogP contribution in [0.1, 0.15) is 20.3 Å². The van der Waals surface area contributed by atoms with Crippen LogP contribution in [0.4, 0.5) is 5.69 Å². The zero-order valence-electron chi connectivity index (χ0n) is 12.1. The van der Waals surface area contributed by atoms with Crippen molar-refractivity contribution in [1.29, 1.82) is 0 Å². The number of fused-ring (bicyclic) bond motifs is 1. The number of anilines is 1. The highest BCUT2D eigenvalue weighted by Crippen LogP contribution is 2.37. The van der Waals surface area contributed by atoms with Crippen molar-refractivity contribution >= 4 is 17.5 Å². The first kappa shape index (κ1) is 13.7. The van der Waals surface area contributed by atoms with Gasteiger partial charge in [0.1, 0.15) is 0 Å². The molecule has 1 fully saturated rings. The minimum absolute atomic E-state index is 0.0437. The number of amides is 2. The molecular formula is C15H18N2O4. The average Bonchev–Trinajstić information content (AvgIpc) is 3.03. The lowest BCUT2D eigenvalue weighted by atomic mass is 10.1. The summed E-state index contributed by atoms with van der Waals surface area (Å²) in [6.45, 7) is 4.41. The number of rotatable bonds is 3. The van der Waals surface area contributed by atoms with Gasteiger partial charge in [0.2, 0.25) is 18.6 Å². The molecule has 2 aliphatic rings. The molecule has 0 spiro atoms. The van der Waals surface area contributed by atoms with Gasteiger partial charge in [-0.1, -0.05) is 0 Å². The van der Waals surface area contributed by atoms with Gasteiger partial charge >= 0.3 is 0 Å². The van der Waals surface area contributed by atoms with E-state index in [4.69, 9.17) is 9.47 Å². The lowest BCUT2D eigenvalue weighted by molar-refractivity contribution is -0.126. The molecule has 1 aromatic rings. The minimum atomic E-state index is -0.301. The van der Waals surface area contributed by atoms with Crippen molar-refractivity contribution in [3.8, 4) is 11.5 Å². The lowest BCUT2D eigenvalue weighted by Crippen LogP contribution is -2.36. The van der Waals surface area contributed by atoms with Crippen molar-refractivity contribution < 1.29 is 19.1 Å². The number of nitrogens with zero attached hydrogens (tertiary/aromatic N) is 1. The van der Waals surface area contributed by atoms with Crippen LogP contribution >= 0.6 is 0 Å². The molecule has 1 saturated heterocycles. The third-order valence-electron chi connectivity index (χ3n) is 3.59. The molecule has 1 N–H and O–H groups in total. The number of hydrogen-bond acceptors (Lipinski definition) is 4. The average molecular weight is 290 g/mol. The van der Waals surface area contributed by atoms with Crippen LogP contribution in [0.5, 0.6) is 11.5 Å². The minimum Gasteiger partial charge on any atom is -0.454 e. The summed E-state index contributed by atoms with van der Waals surface area (Å²) in [7, 11) is 0. The van der Waals surface area contributed by atoms with Gasteiger partial charge in [0.05, 0.1) is 5.92 Å². The van der Waals surface area contributed by atoms with E-state index in [1.54, 1.807) is 17.0 Å². The topological polar surface area (TPSA) is 67.9 Å². The van der Waals surface area contributed by atoms with Crippen molar-refractivity contribution in [3.63, 3.8) is 0 Å². The Morgan fingerprint density at radius 2 is 2.10 bits per heavy atom. The fourth-order valence-electron chi connectivity index (χ4n) is 2.59. The molecule has 3 rings (SSSR count). The second kappa shape index (κ2) is 5.27. The Bertz CT molecular complexity index is 585. The SMILES string of the molecule is CC(C)NC(=O)[C@H]1CC(=O)N(c2ccc3c(c2)OCO3)C1. The van der Waals surface area contributed by atoms with Crippen molar-refractivity contribution in [2.75, 3.05) is 18.2 Å². The van der Waals surface area contributed by atoms with Crippen LogP contribution in [0.2, 0.25) is 0 Å². The number of carbonyl (C=O) groups excluding carboxylic acids is 2. The maximum absolute atomic E-state index is 12.1. The van der Waals surface area contributed by atoms with E-state index < -0.39 is 0 Å². The van der Waals surface area contributed by atoms with Gasteiger partial charge in [0.25, 0.3) is 0 Å². The van der Waals surface area contributed by atoms with Gasteiger partial charge in [-0.2, -0.15) is 0 Å². The first-order chi connectivity index (χ1) is 10.0. The number of benzene rings is 1. The summed E-state index contributed by atoms with van der Waals surface area (Å²) in [6.07, 6.45) is 0.243. The number of hydrogen-bond donors (Lipinski definition) is 1. The summed E-state index contributed by atoms with van der Waals surface area (Å²) in [5, 5.41) is 2.86. The molecule has 2 aliphatic heterocycles. The Hall–Kier alpha value is -2.24. The van der Waals surface area contributed by atoms with E-state index in [0.717, 1.165) is 5.69 Å². The van der Waals surface area contributed by atoms with Gasteiger partial charge in [-0.05, 0) is 26.0 Å². The van der Waals surface area contributed by atoms with E-state index in [0.29, 0.717) is 18.0 Å². The summed E-state index contributed by atoms with van der Waals surface area (Å²) < 4.78 is 10.6. The van der Waals surface area contributed by atoms with E-state index in [2.05, 4.69) is 5.32 Å². The molecule has 6 nitrogen and oxygen atoms in total. The fourth-order valence-corrected chi connectivity index (χ4v) is 2.59. The molecule has 0 aromatic heterocycles. The Labute approximate surface area is 123 Å². The summed E-state index contributed by atoms with van der Waals surface area (Å²) in [5.41, 5.74) is 0.740. The van der Waals surface area contributed by atoms with E-state index >= 15 is 0 Å². The maximum atomic E-state index is 12.1. The highest BCUT2D eigenvalue weighted by atomic mass is 16.7. The highest BCUT2D eigenvalue weighted by Gasteiger charge is 2.35. The molecule has 0 radical (unpaired) electrons. The quantitative estimate of drug-likeness (QED) is 0.911. The molecule has 112 valence electrons. The molecule has 0 unspecified atom stereocenters. The van der Waals surface area contributed by atoms with Crippen molar-refractivity contribution in [2.24, 2.45) is 5.92 Å². The van der Waals surface area contributed by atoms with Crippen molar-refractivity contribution in [2.45, 2.75) is 26.3 Å². The molecule has 2 heterocycles. The highest BCUT2D eigenvalue weighted by molar-refractivity contribution is 6.00. The van der Waals surface area contributed by atoms with Crippen LogP contribution in [0.15, 0.2) is 18.2 Å². The largest absolute Gasteiger partial charge is 0.454 e. The molecular weight excluding hydrogens is 272 g/mol.